The second-order valence-electron chi connectivity index (χ2n) is 7.89. The van der Waals surface area contributed by atoms with Gasteiger partial charge in [-0.3, -0.25) is 0 Å². The number of rotatable bonds is 4. The summed E-state index contributed by atoms with van der Waals surface area (Å²) in [5.41, 5.74) is 4.96. The predicted octanol–water partition coefficient (Wildman–Crippen LogP) is 5.09. The molecule has 0 aliphatic heterocycles. The Balaban J connectivity index is 1.88. The summed E-state index contributed by atoms with van der Waals surface area (Å²) >= 11 is 0. The zero-order chi connectivity index (χ0) is 16.4. The van der Waals surface area contributed by atoms with E-state index in [1.54, 1.807) is 0 Å². The number of hydrogen-bond donors (Lipinski definition) is 2. The molecule has 0 radical (unpaired) electrons. The van der Waals surface area contributed by atoms with E-state index < -0.39 is 0 Å². The molecular formula is C18H28N4. The number of hydrogen-bond acceptors (Lipinski definition) is 2. The molecule has 0 fully saturated rings. The van der Waals surface area contributed by atoms with Gasteiger partial charge < -0.3 is 9.97 Å². The number of azo groups is 1. The topological polar surface area (TPSA) is 56.3 Å². The van der Waals surface area contributed by atoms with Gasteiger partial charge in [0.15, 0.2) is 0 Å². The lowest BCUT2D eigenvalue weighted by Crippen LogP contribution is -2.11. The SMILES string of the molecule is CC(C)(C)c1ccc(CN=NCc2ccc(C(C)(C)C)[nH]2)[nH]1. The number of aromatic amines is 2. The molecule has 22 heavy (non-hydrogen) atoms. The van der Waals surface area contributed by atoms with Crippen molar-refractivity contribution in [2.24, 2.45) is 10.2 Å². The van der Waals surface area contributed by atoms with Crippen molar-refractivity contribution in [2.45, 2.75) is 65.5 Å². The van der Waals surface area contributed by atoms with Crippen molar-refractivity contribution >= 4 is 0 Å². The lowest BCUT2D eigenvalue weighted by atomic mass is 9.93. The van der Waals surface area contributed by atoms with E-state index in [4.69, 9.17) is 0 Å². The fourth-order valence-electron chi connectivity index (χ4n) is 2.19. The van der Waals surface area contributed by atoms with Crippen molar-refractivity contribution < 1.29 is 0 Å². The fourth-order valence-corrected chi connectivity index (χ4v) is 2.19. The monoisotopic (exact) mass is 300 g/mol. The van der Waals surface area contributed by atoms with E-state index in [1.807, 2.05) is 0 Å². The van der Waals surface area contributed by atoms with Gasteiger partial charge in [0, 0.05) is 33.6 Å². The minimum absolute atomic E-state index is 0.142. The van der Waals surface area contributed by atoms with Gasteiger partial charge >= 0.3 is 0 Å². The van der Waals surface area contributed by atoms with Crippen LogP contribution in [0, 0.1) is 0 Å². The highest BCUT2D eigenvalue weighted by molar-refractivity contribution is 5.20. The van der Waals surface area contributed by atoms with E-state index in [0.29, 0.717) is 13.1 Å². The molecule has 120 valence electrons. The first kappa shape index (κ1) is 16.5. The maximum atomic E-state index is 4.28. The fraction of sp³-hybridized carbons (Fsp3) is 0.556. The van der Waals surface area contributed by atoms with Crippen LogP contribution in [0.2, 0.25) is 0 Å². The molecule has 2 aromatic heterocycles. The van der Waals surface area contributed by atoms with Crippen molar-refractivity contribution in [3.8, 4) is 0 Å². The Morgan fingerprint density at radius 1 is 0.682 bits per heavy atom. The highest BCUT2D eigenvalue weighted by atomic mass is 15.1. The Morgan fingerprint density at radius 2 is 1.05 bits per heavy atom. The van der Waals surface area contributed by atoms with Crippen molar-refractivity contribution in [3.63, 3.8) is 0 Å². The van der Waals surface area contributed by atoms with Gasteiger partial charge in [0.05, 0.1) is 13.1 Å². The summed E-state index contributed by atoms with van der Waals surface area (Å²) in [4.78, 5) is 6.83. The third kappa shape index (κ3) is 4.33. The quantitative estimate of drug-likeness (QED) is 0.739. The molecule has 0 amide bonds. The summed E-state index contributed by atoms with van der Waals surface area (Å²) in [5.74, 6) is 0. The van der Waals surface area contributed by atoms with Gasteiger partial charge in [-0.2, -0.15) is 10.2 Å². The van der Waals surface area contributed by atoms with Gasteiger partial charge in [-0.25, -0.2) is 0 Å². The smallest absolute Gasteiger partial charge is 0.0998 e. The van der Waals surface area contributed by atoms with Crippen LogP contribution in [0.4, 0.5) is 0 Å². The Hall–Kier alpha value is -1.84. The summed E-state index contributed by atoms with van der Waals surface area (Å²) in [7, 11) is 0. The van der Waals surface area contributed by atoms with E-state index in [0.717, 1.165) is 11.4 Å². The molecule has 0 atom stereocenters. The predicted molar refractivity (Wildman–Crippen MR) is 91.2 cm³/mol. The molecule has 0 unspecified atom stereocenters. The zero-order valence-electron chi connectivity index (χ0n) is 14.6. The van der Waals surface area contributed by atoms with Crippen LogP contribution in [0.3, 0.4) is 0 Å². The van der Waals surface area contributed by atoms with Gasteiger partial charge in [-0.05, 0) is 24.3 Å². The van der Waals surface area contributed by atoms with Crippen LogP contribution < -0.4 is 0 Å². The maximum Gasteiger partial charge on any atom is 0.0998 e. The Bertz CT molecular complexity index is 576. The first-order valence-corrected chi connectivity index (χ1v) is 7.86. The van der Waals surface area contributed by atoms with Crippen LogP contribution in [0.5, 0.6) is 0 Å². The third-order valence-corrected chi connectivity index (χ3v) is 3.69. The van der Waals surface area contributed by atoms with Crippen molar-refractivity contribution in [3.05, 3.63) is 47.0 Å². The van der Waals surface area contributed by atoms with E-state index >= 15 is 0 Å². The van der Waals surface area contributed by atoms with Crippen LogP contribution in [0.15, 0.2) is 34.5 Å². The second-order valence-corrected chi connectivity index (χ2v) is 7.89. The summed E-state index contributed by atoms with van der Waals surface area (Å²) in [6, 6.07) is 8.44. The molecule has 2 aromatic rings. The molecule has 0 aliphatic rings. The highest BCUT2D eigenvalue weighted by Gasteiger charge is 2.16. The molecule has 2 N–H and O–H groups in total. The van der Waals surface area contributed by atoms with Gasteiger partial charge in [-0.1, -0.05) is 41.5 Å². The molecular weight excluding hydrogens is 272 g/mol. The van der Waals surface area contributed by atoms with Crippen molar-refractivity contribution in [1.29, 1.82) is 0 Å². The normalized spacial score (nSPS) is 13.2. The maximum absolute atomic E-state index is 4.28. The standard InChI is InChI=1S/C18H28N4/c1-17(2,3)15-9-7-13(21-15)11-19-20-12-14-8-10-16(22-14)18(4,5)6/h7-10,21-22H,11-12H2,1-6H3. The first-order valence-electron chi connectivity index (χ1n) is 7.86. The van der Waals surface area contributed by atoms with Gasteiger partial charge in [0.2, 0.25) is 0 Å². The van der Waals surface area contributed by atoms with Crippen molar-refractivity contribution in [1.82, 2.24) is 9.97 Å². The van der Waals surface area contributed by atoms with Gasteiger partial charge in [0.1, 0.15) is 0 Å². The van der Waals surface area contributed by atoms with Gasteiger partial charge in [0.25, 0.3) is 0 Å². The molecule has 0 aromatic carbocycles. The van der Waals surface area contributed by atoms with Gasteiger partial charge in [-0.15, -0.1) is 0 Å². The average Bonchev–Trinajstić information content (AvgIpc) is 3.02. The molecule has 2 heterocycles. The number of nitrogens with zero attached hydrogens (tertiary/aromatic N) is 2. The zero-order valence-corrected chi connectivity index (χ0v) is 14.6. The van der Waals surface area contributed by atoms with E-state index in [1.165, 1.54) is 11.4 Å². The van der Waals surface area contributed by atoms with E-state index in [9.17, 15) is 0 Å². The molecule has 0 bridgehead atoms. The van der Waals surface area contributed by atoms with Crippen LogP contribution in [0.1, 0.15) is 64.3 Å². The third-order valence-electron chi connectivity index (χ3n) is 3.69. The number of H-pyrrole nitrogens is 2. The Kier molecular flexibility index (Phi) is 4.59. The van der Waals surface area contributed by atoms with Crippen LogP contribution >= 0.6 is 0 Å². The molecule has 0 saturated heterocycles. The lowest BCUT2D eigenvalue weighted by Gasteiger charge is -2.16. The molecule has 4 nitrogen and oxygen atoms in total. The number of aromatic nitrogens is 2. The minimum atomic E-state index is 0.142. The Labute approximate surface area is 133 Å². The van der Waals surface area contributed by atoms with Crippen LogP contribution in [-0.2, 0) is 23.9 Å². The largest absolute Gasteiger partial charge is 0.360 e. The second kappa shape index (κ2) is 6.11. The minimum Gasteiger partial charge on any atom is -0.360 e. The molecule has 0 saturated carbocycles. The summed E-state index contributed by atoms with van der Waals surface area (Å²) < 4.78 is 0. The number of nitrogens with one attached hydrogen (secondary N) is 2. The average molecular weight is 300 g/mol. The van der Waals surface area contributed by atoms with E-state index in [2.05, 4.69) is 86.0 Å². The Morgan fingerprint density at radius 3 is 1.32 bits per heavy atom. The van der Waals surface area contributed by atoms with E-state index in [-0.39, 0.29) is 10.8 Å². The summed E-state index contributed by atoms with van der Waals surface area (Å²) in [5, 5.41) is 8.55. The molecule has 4 heteroatoms. The molecule has 0 spiro atoms. The van der Waals surface area contributed by atoms with Crippen LogP contribution in [-0.4, -0.2) is 9.97 Å². The molecule has 0 aliphatic carbocycles. The van der Waals surface area contributed by atoms with Crippen LogP contribution in [0.25, 0.3) is 0 Å². The molecule has 2 rings (SSSR count). The highest BCUT2D eigenvalue weighted by Crippen LogP contribution is 2.22. The summed E-state index contributed by atoms with van der Waals surface area (Å²) in [6.45, 7) is 14.4. The van der Waals surface area contributed by atoms with Crippen molar-refractivity contribution in [2.75, 3.05) is 0 Å². The first-order chi connectivity index (χ1) is 10.2. The lowest BCUT2D eigenvalue weighted by molar-refractivity contribution is 0.569. The summed E-state index contributed by atoms with van der Waals surface area (Å²) in [6.07, 6.45) is 0.